The summed E-state index contributed by atoms with van der Waals surface area (Å²) in [4.78, 5) is 31.3. The first-order valence-electron chi connectivity index (χ1n) is 10.2. The van der Waals surface area contributed by atoms with E-state index in [0.29, 0.717) is 11.4 Å². The molecule has 0 fully saturated rings. The number of carbonyl (C=O) groups is 2. The molecule has 4 rings (SSSR count). The third kappa shape index (κ3) is 5.00. The van der Waals surface area contributed by atoms with Gasteiger partial charge in [0, 0.05) is 30.4 Å². The van der Waals surface area contributed by atoms with Crippen LogP contribution in [0.2, 0.25) is 0 Å². The summed E-state index contributed by atoms with van der Waals surface area (Å²) in [5, 5.41) is 8.74. The highest BCUT2D eigenvalue weighted by Gasteiger charge is 2.15. The van der Waals surface area contributed by atoms with Gasteiger partial charge in [0.15, 0.2) is 17.3 Å². The van der Waals surface area contributed by atoms with Crippen LogP contribution < -0.4 is 10.2 Å². The van der Waals surface area contributed by atoms with E-state index in [2.05, 4.69) is 9.97 Å². The number of carbonyl (C=O) groups excluding carboxylic acids is 2. The van der Waals surface area contributed by atoms with E-state index >= 15 is 0 Å². The number of benzene rings is 2. The normalized spacial score (nSPS) is 10.7. The number of hydrogen-bond acceptors (Lipinski definition) is 5. The van der Waals surface area contributed by atoms with Crippen LogP contribution in [0, 0.1) is 18.6 Å². The molecule has 0 aliphatic heterocycles. The number of amides is 1. The number of hydrogen-bond donors (Lipinski definition) is 3. The smallest absolute Gasteiger partial charge is 0.276 e. The molecular formula is C25H19F2N3O4. The summed E-state index contributed by atoms with van der Waals surface area (Å²) in [6.07, 6.45) is 2.65. The molecule has 34 heavy (non-hydrogen) atoms. The summed E-state index contributed by atoms with van der Waals surface area (Å²) >= 11 is 0. The van der Waals surface area contributed by atoms with Crippen molar-refractivity contribution in [2.45, 2.75) is 13.3 Å². The molecule has 0 saturated heterocycles. The molecule has 0 bridgehead atoms. The SMILES string of the molecule is Cc1ccc(F)c(CC(=O)c2ccc(F)c(Oc3ccnc(-c4cc(C(=O)NO)c[nH]4)c3)c2)c1. The highest BCUT2D eigenvalue weighted by molar-refractivity contribution is 5.98. The lowest BCUT2D eigenvalue weighted by Crippen LogP contribution is -2.17. The molecule has 0 aliphatic carbocycles. The molecule has 4 aromatic rings. The van der Waals surface area contributed by atoms with E-state index in [0.717, 1.165) is 11.6 Å². The second-order valence-corrected chi connectivity index (χ2v) is 7.56. The molecule has 0 aliphatic rings. The van der Waals surface area contributed by atoms with Gasteiger partial charge in [0.1, 0.15) is 11.6 Å². The van der Waals surface area contributed by atoms with Gasteiger partial charge in [-0.1, -0.05) is 17.7 Å². The molecule has 2 aromatic carbocycles. The lowest BCUT2D eigenvalue weighted by Gasteiger charge is -2.10. The van der Waals surface area contributed by atoms with Gasteiger partial charge in [-0.2, -0.15) is 0 Å². The van der Waals surface area contributed by atoms with Crippen molar-refractivity contribution in [3.8, 4) is 22.9 Å². The summed E-state index contributed by atoms with van der Waals surface area (Å²) in [5.74, 6) is -2.18. The summed E-state index contributed by atoms with van der Waals surface area (Å²) in [6, 6.07) is 12.7. The third-order valence-electron chi connectivity index (χ3n) is 5.09. The highest BCUT2D eigenvalue weighted by atomic mass is 19.1. The summed E-state index contributed by atoms with van der Waals surface area (Å²) in [6.45, 7) is 1.80. The van der Waals surface area contributed by atoms with Crippen molar-refractivity contribution < 1.29 is 28.3 Å². The summed E-state index contributed by atoms with van der Waals surface area (Å²) < 4.78 is 34.1. The van der Waals surface area contributed by atoms with Crippen molar-refractivity contribution in [1.29, 1.82) is 0 Å². The fourth-order valence-electron chi connectivity index (χ4n) is 3.36. The maximum absolute atomic E-state index is 14.4. The fourth-order valence-corrected chi connectivity index (χ4v) is 3.36. The molecule has 0 atom stereocenters. The number of aryl methyl sites for hydroxylation is 1. The molecule has 7 nitrogen and oxygen atoms in total. The first-order chi connectivity index (χ1) is 16.3. The topological polar surface area (TPSA) is 104 Å². The van der Waals surface area contributed by atoms with Gasteiger partial charge >= 0.3 is 0 Å². The zero-order chi connectivity index (χ0) is 24.2. The Morgan fingerprint density at radius 3 is 2.62 bits per heavy atom. The van der Waals surface area contributed by atoms with Gasteiger partial charge in [0.05, 0.1) is 17.0 Å². The number of hydroxylamine groups is 1. The molecule has 172 valence electrons. The van der Waals surface area contributed by atoms with Gasteiger partial charge < -0.3 is 9.72 Å². The molecule has 0 unspecified atom stereocenters. The van der Waals surface area contributed by atoms with Crippen molar-refractivity contribution in [3.05, 3.63) is 101 Å². The number of nitrogens with zero attached hydrogens (tertiary/aromatic N) is 1. The van der Waals surface area contributed by atoms with Gasteiger partial charge in [-0.3, -0.25) is 19.8 Å². The van der Waals surface area contributed by atoms with Crippen molar-refractivity contribution in [2.75, 3.05) is 0 Å². The summed E-state index contributed by atoms with van der Waals surface area (Å²) in [5.41, 5.74) is 3.85. The Hall–Kier alpha value is -4.37. The maximum Gasteiger partial charge on any atom is 0.276 e. The minimum absolute atomic E-state index is 0.172. The predicted molar refractivity (Wildman–Crippen MR) is 119 cm³/mol. The van der Waals surface area contributed by atoms with E-state index < -0.39 is 17.5 Å². The number of ketones is 1. The Bertz CT molecular complexity index is 1380. The number of pyridine rings is 1. The molecule has 9 heteroatoms. The van der Waals surface area contributed by atoms with Crippen LogP contribution in [0.25, 0.3) is 11.4 Å². The quantitative estimate of drug-likeness (QED) is 0.203. The van der Waals surface area contributed by atoms with Crippen LogP contribution in [-0.2, 0) is 6.42 Å². The van der Waals surface area contributed by atoms with Crippen molar-refractivity contribution >= 4 is 11.7 Å². The van der Waals surface area contributed by atoms with Gasteiger partial charge in [-0.15, -0.1) is 0 Å². The van der Waals surface area contributed by atoms with Crippen molar-refractivity contribution in [3.63, 3.8) is 0 Å². The zero-order valence-corrected chi connectivity index (χ0v) is 17.9. The Morgan fingerprint density at radius 2 is 1.82 bits per heavy atom. The van der Waals surface area contributed by atoms with E-state index in [9.17, 15) is 18.4 Å². The number of aromatic nitrogens is 2. The zero-order valence-electron chi connectivity index (χ0n) is 17.9. The van der Waals surface area contributed by atoms with Gasteiger partial charge in [-0.25, -0.2) is 14.3 Å². The number of ether oxygens (including phenoxy) is 1. The van der Waals surface area contributed by atoms with E-state index in [-0.39, 0.29) is 40.4 Å². The van der Waals surface area contributed by atoms with Crippen molar-refractivity contribution in [2.24, 2.45) is 0 Å². The molecule has 0 radical (unpaired) electrons. The maximum atomic E-state index is 14.4. The second kappa shape index (κ2) is 9.63. The van der Waals surface area contributed by atoms with Crippen LogP contribution in [0.4, 0.5) is 8.78 Å². The minimum Gasteiger partial charge on any atom is -0.454 e. The van der Waals surface area contributed by atoms with Gasteiger partial charge in [-0.05, 0) is 48.9 Å². The van der Waals surface area contributed by atoms with Crippen LogP contribution in [0.5, 0.6) is 11.5 Å². The number of H-pyrrole nitrogens is 1. The molecule has 3 N–H and O–H groups in total. The van der Waals surface area contributed by atoms with Crippen molar-refractivity contribution in [1.82, 2.24) is 15.4 Å². The predicted octanol–water partition coefficient (Wildman–Crippen LogP) is 5.00. The first kappa shape index (κ1) is 22.8. The average Bonchev–Trinajstić information content (AvgIpc) is 3.33. The second-order valence-electron chi connectivity index (χ2n) is 7.56. The van der Waals surface area contributed by atoms with Crippen LogP contribution in [-0.4, -0.2) is 26.9 Å². The van der Waals surface area contributed by atoms with Gasteiger partial charge in [0.25, 0.3) is 5.91 Å². The third-order valence-corrected chi connectivity index (χ3v) is 5.09. The average molecular weight is 463 g/mol. The van der Waals surface area contributed by atoms with Crippen LogP contribution in [0.1, 0.15) is 31.8 Å². The fraction of sp³-hybridized carbons (Fsp3) is 0.0800. The Balaban J connectivity index is 1.55. The van der Waals surface area contributed by atoms with Crippen LogP contribution in [0.3, 0.4) is 0 Å². The van der Waals surface area contributed by atoms with E-state index in [1.54, 1.807) is 19.1 Å². The number of Topliss-reactive ketones (excluding diaryl/α,β-unsaturated/α-hetero) is 1. The summed E-state index contributed by atoms with van der Waals surface area (Å²) in [7, 11) is 0. The molecule has 2 heterocycles. The number of halogens is 2. The standard InChI is InChI=1S/C25H19F2N3O4/c1-14-2-4-19(26)16(8-14)10-23(31)15-3-5-20(27)24(11-15)34-18-6-7-28-22(12-18)21-9-17(13-29-21)25(32)30-33/h2-9,11-13,29,33H,10H2,1H3,(H,30,32). The van der Waals surface area contributed by atoms with Crippen LogP contribution >= 0.6 is 0 Å². The number of aromatic amines is 1. The number of nitrogens with one attached hydrogen (secondary N) is 2. The van der Waals surface area contributed by atoms with Gasteiger partial charge in [0.2, 0.25) is 0 Å². The molecule has 1 amide bonds. The Kier molecular flexibility index (Phi) is 6.46. The molecular weight excluding hydrogens is 444 g/mol. The highest BCUT2D eigenvalue weighted by Crippen LogP contribution is 2.29. The molecule has 0 saturated carbocycles. The van der Waals surface area contributed by atoms with E-state index in [1.807, 2.05) is 0 Å². The van der Waals surface area contributed by atoms with E-state index in [1.165, 1.54) is 54.3 Å². The molecule has 0 spiro atoms. The molecule has 2 aromatic heterocycles. The monoisotopic (exact) mass is 463 g/mol. The largest absolute Gasteiger partial charge is 0.454 e. The Morgan fingerprint density at radius 1 is 1.03 bits per heavy atom. The Labute approximate surface area is 193 Å². The first-order valence-corrected chi connectivity index (χ1v) is 10.2. The number of rotatable bonds is 7. The lowest BCUT2D eigenvalue weighted by molar-refractivity contribution is 0.0706. The van der Waals surface area contributed by atoms with Crippen LogP contribution in [0.15, 0.2) is 67.0 Å². The van der Waals surface area contributed by atoms with E-state index in [4.69, 9.17) is 9.94 Å². The minimum atomic E-state index is -0.691. The lowest BCUT2D eigenvalue weighted by atomic mass is 10.0.